The SMILES string of the molecule is c1ccc(Cc2noc(SCCC3OCCCO3)n2)cc1. The van der Waals surface area contributed by atoms with Gasteiger partial charge in [0.2, 0.25) is 0 Å². The number of hydrogen-bond acceptors (Lipinski definition) is 6. The summed E-state index contributed by atoms with van der Waals surface area (Å²) in [5.41, 5.74) is 1.18. The van der Waals surface area contributed by atoms with Gasteiger partial charge in [0, 0.05) is 18.6 Å². The molecule has 0 spiro atoms. The quantitative estimate of drug-likeness (QED) is 0.765. The van der Waals surface area contributed by atoms with Crippen molar-refractivity contribution in [1.29, 1.82) is 0 Å². The summed E-state index contributed by atoms with van der Waals surface area (Å²) < 4.78 is 16.2. The van der Waals surface area contributed by atoms with Crippen molar-refractivity contribution in [1.82, 2.24) is 10.1 Å². The van der Waals surface area contributed by atoms with Crippen molar-refractivity contribution in [3.8, 4) is 0 Å². The Labute approximate surface area is 128 Å². The largest absolute Gasteiger partial charge is 0.353 e. The first kappa shape index (κ1) is 14.6. The van der Waals surface area contributed by atoms with Gasteiger partial charge in [-0.05, 0) is 12.0 Å². The lowest BCUT2D eigenvalue weighted by atomic mass is 10.1. The highest BCUT2D eigenvalue weighted by Crippen LogP contribution is 2.20. The Kier molecular flexibility index (Phi) is 5.26. The van der Waals surface area contributed by atoms with Crippen LogP contribution in [-0.4, -0.2) is 35.4 Å². The number of benzene rings is 1. The van der Waals surface area contributed by atoms with Crippen molar-refractivity contribution in [3.05, 3.63) is 41.7 Å². The average Bonchev–Trinajstić information content (AvgIpc) is 2.97. The van der Waals surface area contributed by atoms with Crippen LogP contribution in [0.25, 0.3) is 0 Å². The highest BCUT2D eigenvalue weighted by Gasteiger charge is 2.15. The van der Waals surface area contributed by atoms with Crippen molar-refractivity contribution in [2.75, 3.05) is 19.0 Å². The Bertz CT molecular complexity index is 541. The van der Waals surface area contributed by atoms with E-state index >= 15 is 0 Å². The molecule has 112 valence electrons. The number of nitrogens with zero attached hydrogens (tertiary/aromatic N) is 2. The van der Waals surface area contributed by atoms with Gasteiger partial charge in [0.1, 0.15) is 0 Å². The Morgan fingerprint density at radius 1 is 1.14 bits per heavy atom. The van der Waals surface area contributed by atoms with Crippen molar-refractivity contribution < 1.29 is 14.0 Å². The third-order valence-electron chi connectivity index (χ3n) is 3.13. The zero-order valence-corrected chi connectivity index (χ0v) is 12.6. The molecule has 1 aromatic heterocycles. The van der Waals surface area contributed by atoms with Gasteiger partial charge in [-0.3, -0.25) is 0 Å². The summed E-state index contributed by atoms with van der Waals surface area (Å²) in [6.45, 7) is 1.58. The molecule has 21 heavy (non-hydrogen) atoms. The molecule has 2 aromatic rings. The Balaban J connectivity index is 1.44. The third kappa shape index (κ3) is 4.56. The van der Waals surface area contributed by atoms with E-state index in [4.69, 9.17) is 14.0 Å². The van der Waals surface area contributed by atoms with Gasteiger partial charge in [-0.25, -0.2) is 0 Å². The van der Waals surface area contributed by atoms with E-state index in [1.807, 2.05) is 18.2 Å². The molecule has 0 radical (unpaired) electrons. The zero-order chi connectivity index (χ0) is 14.3. The van der Waals surface area contributed by atoms with Crippen LogP contribution in [0, 0.1) is 0 Å². The highest BCUT2D eigenvalue weighted by molar-refractivity contribution is 7.99. The maximum atomic E-state index is 5.50. The summed E-state index contributed by atoms with van der Waals surface area (Å²) in [4.78, 5) is 4.39. The predicted octanol–water partition coefficient (Wildman–Crippen LogP) is 2.91. The second-order valence-corrected chi connectivity index (χ2v) is 5.85. The van der Waals surface area contributed by atoms with E-state index in [-0.39, 0.29) is 6.29 Å². The summed E-state index contributed by atoms with van der Waals surface area (Å²) >= 11 is 1.55. The van der Waals surface area contributed by atoms with Gasteiger partial charge in [0.05, 0.1) is 13.2 Å². The number of ether oxygens (including phenoxy) is 2. The van der Waals surface area contributed by atoms with Crippen LogP contribution in [0.1, 0.15) is 24.2 Å². The van der Waals surface area contributed by atoms with E-state index in [9.17, 15) is 0 Å². The van der Waals surface area contributed by atoms with Gasteiger partial charge >= 0.3 is 0 Å². The zero-order valence-electron chi connectivity index (χ0n) is 11.7. The fourth-order valence-corrected chi connectivity index (χ4v) is 2.84. The fourth-order valence-electron chi connectivity index (χ4n) is 2.09. The van der Waals surface area contributed by atoms with Gasteiger partial charge < -0.3 is 14.0 Å². The van der Waals surface area contributed by atoms with Crippen molar-refractivity contribution in [2.24, 2.45) is 0 Å². The van der Waals surface area contributed by atoms with Gasteiger partial charge in [-0.15, -0.1) is 0 Å². The fraction of sp³-hybridized carbons (Fsp3) is 0.467. The average molecular weight is 306 g/mol. The Morgan fingerprint density at radius 3 is 2.76 bits per heavy atom. The Hall–Kier alpha value is -1.37. The van der Waals surface area contributed by atoms with E-state index in [0.717, 1.165) is 31.8 Å². The monoisotopic (exact) mass is 306 g/mol. The molecule has 0 N–H and O–H groups in total. The molecule has 0 bridgehead atoms. The Morgan fingerprint density at radius 2 is 1.95 bits per heavy atom. The van der Waals surface area contributed by atoms with Gasteiger partial charge in [0.25, 0.3) is 5.22 Å². The summed E-state index contributed by atoms with van der Waals surface area (Å²) in [5, 5.41) is 4.62. The first-order chi connectivity index (χ1) is 10.4. The second kappa shape index (κ2) is 7.59. The van der Waals surface area contributed by atoms with E-state index in [2.05, 4.69) is 22.3 Å². The minimum Gasteiger partial charge on any atom is -0.353 e. The van der Waals surface area contributed by atoms with Crippen LogP contribution in [0.3, 0.4) is 0 Å². The maximum absolute atomic E-state index is 5.50. The number of rotatable bonds is 6. The topological polar surface area (TPSA) is 57.4 Å². The van der Waals surface area contributed by atoms with Crippen LogP contribution in [0.15, 0.2) is 40.1 Å². The normalized spacial score (nSPS) is 16.2. The number of hydrogen-bond donors (Lipinski definition) is 0. The predicted molar refractivity (Wildman–Crippen MR) is 79.2 cm³/mol. The van der Waals surface area contributed by atoms with Crippen molar-refractivity contribution >= 4 is 11.8 Å². The lowest BCUT2D eigenvalue weighted by Gasteiger charge is -2.22. The smallest absolute Gasteiger partial charge is 0.285 e. The van der Waals surface area contributed by atoms with Gasteiger partial charge in [-0.1, -0.05) is 47.3 Å². The molecule has 1 fully saturated rings. The van der Waals surface area contributed by atoms with Crippen LogP contribution in [0.4, 0.5) is 0 Å². The van der Waals surface area contributed by atoms with E-state index in [1.54, 1.807) is 11.8 Å². The van der Waals surface area contributed by atoms with E-state index < -0.39 is 0 Å². The summed E-state index contributed by atoms with van der Waals surface area (Å²) in [5.74, 6) is 1.56. The molecule has 6 heteroatoms. The summed E-state index contributed by atoms with van der Waals surface area (Å²) in [6, 6.07) is 10.1. The molecule has 0 amide bonds. The molecule has 1 aromatic carbocycles. The number of aromatic nitrogens is 2. The van der Waals surface area contributed by atoms with E-state index in [1.165, 1.54) is 5.56 Å². The molecule has 3 rings (SSSR count). The van der Waals surface area contributed by atoms with Crippen molar-refractivity contribution in [3.63, 3.8) is 0 Å². The van der Waals surface area contributed by atoms with Gasteiger partial charge in [-0.2, -0.15) is 4.98 Å². The molecule has 2 heterocycles. The molecule has 0 saturated carbocycles. The molecule has 1 aliphatic rings. The molecule has 5 nitrogen and oxygen atoms in total. The molecule has 0 atom stereocenters. The highest BCUT2D eigenvalue weighted by atomic mass is 32.2. The molecule has 1 aliphatic heterocycles. The van der Waals surface area contributed by atoms with Crippen molar-refractivity contribution in [2.45, 2.75) is 30.8 Å². The molecular formula is C15H18N2O3S. The molecule has 1 saturated heterocycles. The second-order valence-electron chi connectivity index (χ2n) is 4.80. The number of thioether (sulfide) groups is 1. The minimum absolute atomic E-state index is 0.0852. The van der Waals surface area contributed by atoms with E-state index in [0.29, 0.717) is 17.5 Å². The third-order valence-corrected chi connectivity index (χ3v) is 3.98. The minimum atomic E-state index is -0.0852. The van der Waals surface area contributed by atoms with Crippen LogP contribution in [0.2, 0.25) is 0 Å². The standard InChI is InChI=1S/C15H18N2O3S/c1-2-5-12(6-3-1)11-13-16-15(20-17-13)21-10-7-14-18-8-4-9-19-14/h1-3,5-6,14H,4,7-11H2. The van der Waals surface area contributed by atoms with Crippen LogP contribution in [-0.2, 0) is 15.9 Å². The summed E-state index contributed by atoms with van der Waals surface area (Å²) in [6.07, 6.45) is 2.43. The molecular weight excluding hydrogens is 288 g/mol. The summed E-state index contributed by atoms with van der Waals surface area (Å²) in [7, 11) is 0. The van der Waals surface area contributed by atoms with Crippen LogP contribution < -0.4 is 0 Å². The van der Waals surface area contributed by atoms with Crippen LogP contribution in [0.5, 0.6) is 0 Å². The molecule has 0 unspecified atom stereocenters. The molecule has 0 aliphatic carbocycles. The van der Waals surface area contributed by atoms with Gasteiger partial charge in [0.15, 0.2) is 12.1 Å². The van der Waals surface area contributed by atoms with Crippen LogP contribution >= 0.6 is 11.8 Å². The lowest BCUT2D eigenvalue weighted by molar-refractivity contribution is -0.178. The first-order valence-electron chi connectivity index (χ1n) is 7.13. The first-order valence-corrected chi connectivity index (χ1v) is 8.11. The maximum Gasteiger partial charge on any atom is 0.285 e. The lowest BCUT2D eigenvalue weighted by Crippen LogP contribution is -2.25.